The molecule has 0 amide bonds. The van der Waals surface area contributed by atoms with Crippen LogP contribution in [-0.2, 0) is 0 Å². The Hall–Kier alpha value is -0.530. The largest absolute Gasteiger partial charge is 0.313 e. The van der Waals surface area contributed by atoms with Crippen LogP contribution in [0.3, 0.4) is 0 Å². The van der Waals surface area contributed by atoms with Crippen molar-refractivity contribution in [2.75, 3.05) is 7.05 Å². The van der Waals surface area contributed by atoms with Crippen molar-refractivity contribution in [2.24, 2.45) is 11.8 Å². The van der Waals surface area contributed by atoms with E-state index in [2.05, 4.69) is 38.3 Å². The third-order valence-electron chi connectivity index (χ3n) is 4.82. The fraction of sp³-hybridized carbons (Fsp3) is 0.647. The highest BCUT2D eigenvalue weighted by Crippen LogP contribution is 2.38. The van der Waals surface area contributed by atoms with E-state index in [1.165, 1.54) is 43.2 Å². The first-order valence-corrected chi connectivity index (χ1v) is 7.96. The van der Waals surface area contributed by atoms with Crippen molar-refractivity contribution in [3.63, 3.8) is 0 Å². The molecule has 0 bridgehead atoms. The zero-order valence-electron chi connectivity index (χ0n) is 12.4. The van der Waals surface area contributed by atoms with Gasteiger partial charge in [0, 0.05) is 11.1 Å². The molecule has 1 N–H and O–H groups in total. The third kappa shape index (κ3) is 3.52. The first-order chi connectivity index (χ1) is 9.15. The number of benzene rings is 1. The molecule has 19 heavy (non-hydrogen) atoms. The summed E-state index contributed by atoms with van der Waals surface area (Å²) in [7, 11) is 2.09. The van der Waals surface area contributed by atoms with Crippen molar-refractivity contribution in [1.29, 1.82) is 0 Å². The molecular weight excluding hydrogens is 254 g/mol. The average Bonchev–Trinajstić information content (AvgIpc) is 2.42. The Labute approximate surface area is 122 Å². The molecule has 0 spiro atoms. The smallest absolute Gasteiger partial charge is 0.0408 e. The lowest BCUT2D eigenvalue weighted by molar-refractivity contribution is 0.224. The lowest BCUT2D eigenvalue weighted by Gasteiger charge is -2.34. The van der Waals surface area contributed by atoms with Gasteiger partial charge < -0.3 is 5.32 Å². The normalized spacial score (nSPS) is 25.3. The van der Waals surface area contributed by atoms with Crippen molar-refractivity contribution in [1.82, 2.24) is 5.32 Å². The summed E-state index contributed by atoms with van der Waals surface area (Å²) in [6.07, 6.45) is 6.84. The van der Waals surface area contributed by atoms with Gasteiger partial charge in [0.25, 0.3) is 0 Å². The van der Waals surface area contributed by atoms with Crippen LogP contribution in [0.25, 0.3) is 0 Å². The van der Waals surface area contributed by atoms with E-state index < -0.39 is 0 Å². The molecule has 1 nitrogen and oxygen atoms in total. The van der Waals surface area contributed by atoms with Crippen LogP contribution in [0.5, 0.6) is 0 Å². The molecule has 0 aromatic heterocycles. The minimum absolute atomic E-state index is 0.482. The second kappa shape index (κ2) is 6.76. The molecule has 1 fully saturated rings. The first kappa shape index (κ1) is 14.9. The zero-order chi connectivity index (χ0) is 13.8. The molecule has 106 valence electrons. The Bertz CT molecular complexity index is 408. The van der Waals surface area contributed by atoms with Crippen LogP contribution >= 0.6 is 11.6 Å². The summed E-state index contributed by atoms with van der Waals surface area (Å²) in [5.41, 5.74) is 2.73. The molecule has 1 aliphatic carbocycles. The van der Waals surface area contributed by atoms with Crippen LogP contribution in [0.2, 0.25) is 5.02 Å². The summed E-state index contributed by atoms with van der Waals surface area (Å²) in [4.78, 5) is 0. The highest BCUT2D eigenvalue weighted by molar-refractivity contribution is 6.30. The van der Waals surface area contributed by atoms with Gasteiger partial charge in [0.15, 0.2) is 0 Å². The lowest BCUT2D eigenvalue weighted by Crippen LogP contribution is -2.29. The van der Waals surface area contributed by atoms with Crippen molar-refractivity contribution in [3.05, 3.63) is 34.3 Å². The quantitative estimate of drug-likeness (QED) is 0.806. The minimum Gasteiger partial charge on any atom is -0.313 e. The standard InChI is InChI=1S/C17H26ClN/c1-4-13-5-7-14(8-6-13)17(19-3)16-10-9-15(18)11-12(16)2/h9-11,13-14,17,19H,4-8H2,1-3H3. The molecule has 0 saturated heterocycles. The van der Waals surface area contributed by atoms with Gasteiger partial charge in [-0.05, 0) is 61.9 Å². The van der Waals surface area contributed by atoms with Gasteiger partial charge in [0.2, 0.25) is 0 Å². The molecule has 1 atom stereocenters. The van der Waals surface area contributed by atoms with Gasteiger partial charge >= 0.3 is 0 Å². The molecule has 1 unspecified atom stereocenters. The molecule has 0 radical (unpaired) electrons. The van der Waals surface area contributed by atoms with Gasteiger partial charge in [-0.2, -0.15) is 0 Å². The van der Waals surface area contributed by atoms with Crippen LogP contribution in [0.4, 0.5) is 0 Å². The predicted octanol–water partition coefficient (Wildman–Crippen LogP) is 5.13. The van der Waals surface area contributed by atoms with Crippen LogP contribution in [0.1, 0.15) is 56.2 Å². The number of aryl methyl sites for hydroxylation is 1. The Balaban J connectivity index is 2.12. The number of nitrogens with one attached hydrogen (secondary N) is 1. The summed E-state index contributed by atoms with van der Waals surface area (Å²) >= 11 is 6.07. The Kier molecular flexibility index (Phi) is 5.29. The van der Waals surface area contributed by atoms with Crippen molar-refractivity contribution in [3.8, 4) is 0 Å². The number of halogens is 1. The second-order valence-electron chi connectivity index (χ2n) is 5.96. The molecule has 0 heterocycles. The number of hydrogen-bond donors (Lipinski definition) is 1. The summed E-state index contributed by atoms with van der Waals surface area (Å²) in [5.74, 6) is 1.73. The number of hydrogen-bond acceptors (Lipinski definition) is 1. The monoisotopic (exact) mass is 279 g/mol. The molecule has 2 heteroatoms. The van der Waals surface area contributed by atoms with Crippen molar-refractivity contribution < 1.29 is 0 Å². The molecule has 1 aromatic rings. The maximum Gasteiger partial charge on any atom is 0.0408 e. The molecule has 2 rings (SSSR count). The topological polar surface area (TPSA) is 12.0 Å². The predicted molar refractivity (Wildman–Crippen MR) is 83.7 cm³/mol. The lowest BCUT2D eigenvalue weighted by atomic mass is 9.75. The highest BCUT2D eigenvalue weighted by atomic mass is 35.5. The molecular formula is C17H26ClN. The average molecular weight is 280 g/mol. The van der Waals surface area contributed by atoms with Gasteiger partial charge in [-0.1, -0.05) is 43.9 Å². The van der Waals surface area contributed by atoms with Crippen LogP contribution in [-0.4, -0.2) is 7.05 Å². The van der Waals surface area contributed by atoms with Gasteiger partial charge in [-0.3, -0.25) is 0 Å². The van der Waals surface area contributed by atoms with Gasteiger partial charge in [0.05, 0.1) is 0 Å². The molecule has 1 aliphatic rings. The van der Waals surface area contributed by atoms with Crippen LogP contribution in [0.15, 0.2) is 18.2 Å². The summed E-state index contributed by atoms with van der Waals surface area (Å²) in [6, 6.07) is 6.78. The van der Waals surface area contributed by atoms with E-state index in [0.717, 1.165) is 16.9 Å². The first-order valence-electron chi connectivity index (χ1n) is 7.59. The SMILES string of the molecule is CCC1CCC(C(NC)c2ccc(Cl)cc2C)CC1. The van der Waals surface area contributed by atoms with E-state index in [1.807, 2.05) is 6.07 Å². The van der Waals surface area contributed by atoms with Crippen molar-refractivity contribution in [2.45, 2.75) is 52.0 Å². The van der Waals surface area contributed by atoms with E-state index >= 15 is 0 Å². The molecule has 0 aliphatic heterocycles. The Morgan fingerprint density at radius 2 is 1.95 bits per heavy atom. The summed E-state index contributed by atoms with van der Waals surface area (Å²) in [6.45, 7) is 4.49. The van der Waals surface area contributed by atoms with Gasteiger partial charge in [-0.15, -0.1) is 0 Å². The Morgan fingerprint density at radius 3 is 2.47 bits per heavy atom. The highest BCUT2D eigenvalue weighted by Gasteiger charge is 2.27. The molecule has 1 saturated carbocycles. The second-order valence-corrected chi connectivity index (χ2v) is 6.39. The zero-order valence-corrected chi connectivity index (χ0v) is 13.1. The van der Waals surface area contributed by atoms with E-state index in [-0.39, 0.29) is 0 Å². The maximum atomic E-state index is 6.07. The Morgan fingerprint density at radius 1 is 1.26 bits per heavy atom. The minimum atomic E-state index is 0.482. The molecule has 1 aromatic carbocycles. The van der Waals surface area contributed by atoms with Gasteiger partial charge in [-0.25, -0.2) is 0 Å². The van der Waals surface area contributed by atoms with E-state index in [0.29, 0.717) is 6.04 Å². The summed E-state index contributed by atoms with van der Waals surface area (Å²) in [5, 5.41) is 4.38. The van der Waals surface area contributed by atoms with E-state index in [4.69, 9.17) is 11.6 Å². The van der Waals surface area contributed by atoms with E-state index in [9.17, 15) is 0 Å². The fourth-order valence-electron chi connectivity index (χ4n) is 3.56. The third-order valence-corrected chi connectivity index (χ3v) is 5.05. The van der Waals surface area contributed by atoms with Gasteiger partial charge in [0.1, 0.15) is 0 Å². The fourth-order valence-corrected chi connectivity index (χ4v) is 3.79. The number of rotatable bonds is 4. The van der Waals surface area contributed by atoms with Crippen molar-refractivity contribution >= 4 is 11.6 Å². The van der Waals surface area contributed by atoms with Crippen LogP contribution in [0, 0.1) is 18.8 Å². The maximum absolute atomic E-state index is 6.07. The van der Waals surface area contributed by atoms with Crippen LogP contribution < -0.4 is 5.32 Å². The summed E-state index contributed by atoms with van der Waals surface area (Å²) < 4.78 is 0. The van der Waals surface area contributed by atoms with E-state index in [1.54, 1.807) is 0 Å².